The minimum atomic E-state index is -4.62. The monoisotopic (exact) mass is 662 g/mol. The van der Waals surface area contributed by atoms with E-state index in [1.165, 1.54) is 24.4 Å². The molecule has 48 heavy (non-hydrogen) atoms. The molecule has 0 saturated carbocycles. The molecule has 6 aromatic rings. The van der Waals surface area contributed by atoms with Crippen molar-refractivity contribution in [3.63, 3.8) is 0 Å². The van der Waals surface area contributed by atoms with Gasteiger partial charge in [-0.3, -0.25) is 4.98 Å². The van der Waals surface area contributed by atoms with Gasteiger partial charge in [-0.15, -0.1) is 0 Å². The molecule has 238 valence electrons. The van der Waals surface area contributed by atoms with Gasteiger partial charge in [0.2, 0.25) is 6.10 Å². The maximum absolute atomic E-state index is 13.4. The number of nitrogens with one attached hydrogen (secondary N) is 2. The third kappa shape index (κ3) is 7.13. The van der Waals surface area contributed by atoms with Crippen molar-refractivity contribution in [2.75, 3.05) is 0 Å². The summed E-state index contributed by atoms with van der Waals surface area (Å²) in [4.78, 5) is 23.8. The molecule has 0 amide bonds. The zero-order valence-corrected chi connectivity index (χ0v) is 26.1. The van der Waals surface area contributed by atoms with Crippen LogP contribution in [0.1, 0.15) is 40.0 Å². The zero-order chi connectivity index (χ0) is 33.3. The average Bonchev–Trinajstić information content (AvgIpc) is 3.87. The minimum Gasteiger partial charge on any atom is -0.473 e. The van der Waals surface area contributed by atoms with Gasteiger partial charge in [-0.2, -0.15) is 13.2 Å². The van der Waals surface area contributed by atoms with Gasteiger partial charge < -0.3 is 14.7 Å². The summed E-state index contributed by atoms with van der Waals surface area (Å²) in [6, 6.07) is 26.0. The number of pyridine rings is 2. The van der Waals surface area contributed by atoms with Crippen molar-refractivity contribution in [2.45, 2.75) is 19.2 Å². The van der Waals surface area contributed by atoms with E-state index in [2.05, 4.69) is 54.2 Å². The van der Waals surface area contributed by atoms with E-state index in [-0.39, 0.29) is 16.5 Å². The molecular weight excluding hydrogens is 637 g/mol. The lowest BCUT2D eigenvalue weighted by Crippen LogP contribution is -2.26. The van der Waals surface area contributed by atoms with Crippen LogP contribution in [0.15, 0.2) is 97.3 Å². The molecule has 5 aromatic heterocycles. The van der Waals surface area contributed by atoms with E-state index < -0.39 is 12.3 Å². The van der Waals surface area contributed by atoms with E-state index in [4.69, 9.17) is 16.3 Å². The van der Waals surface area contributed by atoms with Crippen LogP contribution >= 0.6 is 11.6 Å². The fraction of sp³-hybridized carbons (Fsp3) is 0.0811. The number of alkyl halides is 3. The summed E-state index contributed by atoms with van der Waals surface area (Å²) in [5.41, 5.74) is 9.30. The summed E-state index contributed by atoms with van der Waals surface area (Å²) < 4.78 is 45.3. The normalized spacial score (nSPS) is 12.9. The maximum atomic E-state index is 13.4. The molecule has 0 saturated heterocycles. The number of hydrogen-bond acceptors (Lipinski definition) is 5. The molecule has 11 heteroatoms. The van der Waals surface area contributed by atoms with E-state index in [1.54, 1.807) is 12.1 Å². The Kier molecular flexibility index (Phi) is 8.24. The van der Waals surface area contributed by atoms with E-state index in [9.17, 15) is 13.2 Å². The van der Waals surface area contributed by atoms with Gasteiger partial charge in [0.05, 0.1) is 28.3 Å². The van der Waals surface area contributed by atoms with Crippen molar-refractivity contribution in [1.82, 2.24) is 29.9 Å². The zero-order valence-electron chi connectivity index (χ0n) is 25.3. The predicted octanol–water partition coefficient (Wildman–Crippen LogP) is 9.93. The number of ether oxygens (including phenoxy) is 1. The largest absolute Gasteiger partial charge is 0.473 e. The highest BCUT2D eigenvalue weighted by Crippen LogP contribution is 2.39. The number of aromatic nitrogens is 6. The molecule has 0 fully saturated rings. The third-order valence-corrected chi connectivity index (χ3v) is 7.73. The van der Waals surface area contributed by atoms with Gasteiger partial charge in [-0.25, -0.2) is 15.0 Å². The van der Waals surface area contributed by atoms with Gasteiger partial charge in [0.15, 0.2) is 10.9 Å². The van der Waals surface area contributed by atoms with Gasteiger partial charge in [-0.05, 0) is 104 Å². The van der Waals surface area contributed by atoms with E-state index in [0.717, 1.165) is 56.6 Å². The number of benzene rings is 1. The first-order chi connectivity index (χ1) is 23.1. The molecule has 2 aliphatic rings. The number of halogens is 4. The van der Waals surface area contributed by atoms with E-state index in [0.29, 0.717) is 10.9 Å². The Morgan fingerprint density at radius 2 is 1.23 bits per heavy atom. The molecule has 0 spiro atoms. The van der Waals surface area contributed by atoms with Crippen LogP contribution in [0.25, 0.3) is 57.3 Å². The number of aryl methyl sites for hydroxylation is 1. The highest BCUT2D eigenvalue weighted by atomic mass is 35.5. The van der Waals surface area contributed by atoms with Crippen LogP contribution in [0.4, 0.5) is 13.2 Å². The SMILES string of the molecule is C1=Cc2cc3ccc(cc4nc(cc5ccc(cc1n2)[nH]5)C=C4)[nH]3.Cc1ccc2nc(Cl)c(OC(c3cccnc3)C(F)(F)F)cc2c1. The summed E-state index contributed by atoms with van der Waals surface area (Å²) in [5, 5.41) is 0.533. The Labute approximate surface area is 277 Å². The number of rotatable bonds is 3. The molecule has 2 N–H and O–H groups in total. The van der Waals surface area contributed by atoms with Crippen LogP contribution in [0.2, 0.25) is 5.15 Å². The highest BCUT2D eigenvalue weighted by molar-refractivity contribution is 6.31. The maximum Gasteiger partial charge on any atom is 0.429 e. The van der Waals surface area contributed by atoms with E-state index in [1.807, 2.05) is 61.6 Å². The molecule has 2 aliphatic heterocycles. The van der Waals surface area contributed by atoms with Crippen LogP contribution in [-0.4, -0.2) is 36.1 Å². The van der Waals surface area contributed by atoms with E-state index >= 15 is 0 Å². The molecule has 0 radical (unpaired) electrons. The first-order valence-electron chi connectivity index (χ1n) is 14.9. The number of H-pyrrole nitrogens is 2. The van der Waals surface area contributed by atoms with Crippen LogP contribution in [0, 0.1) is 6.92 Å². The van der Waals surface area contributed by atoms with Gasteiger partial charge in [0.25, 0.3) is 0 Å². The Hall–Kier alpha value is -5.74. The second kappa shape index (κ2) is 12.8. The standard InChI is InChI=1S/C20H14N4.C17H12ClF3N2O/c1-2-14-10-16-5-6-18(23-16)12-20-8-7-19(24-20)11-17-4-3-15(22-17)9-13(1)21-14;1-10-4-5-13-12(7-10)8-14(16(18)23-13)24-15(17(19,20)21)11-3-2-6-22-9-11/h1-12,21,24H;2-9,15H,1H3. The highest BCUT2D eigenvalue weighted by Gasteiger charge is 2.43. The van der Waals surface area contributed by atoms with Crippen molar-refractivity contribution < 1.29 is 17.9 Å². The fourth-order valence-electron chi connectivity index (χ4n) is 5.26. The van der Waals surface area contributed by atoms with Crippen LogP contribution in [0.3, 0.4) is 0 Å². The van der Waals surface area contributed by atoms with Crippen molar-refractivity contribution in [3.8, 4) is 5.75 Å². The molecule has 1 aromatic carbocycles. The van der Waals surface area contributed by atoms with Crippen LogP contribution in [0.5, 0.6) is 5.75 Å². The Balaban J connectivity index is 0.000000152. The molecule has 7 nitrogen and oxygen atoms in total. The first kappa shape index (κ1) is 30.9. The molecular formula is C37H26ClF3N6O. The lowest BCUT2D eigenvalue weighted by molar-refractivity contribution is -0.198. The van der Waals surface area contributed by atoms with Crippen molar-refractivity contribution in [1.29, 1.82) is 0 Å². The molecule has 1 atom stereocenters. The van der Waals surface area contributed by atoms with Gasteiger partial charge in [-0.1, -0.05) is 29.3 Å². The average molecular weight is 663 g/mol. The first-order valence-corrected chi connectivity index (χ1v) is 15.3. The second-order valence-corrected chi connectivity index (χ2v) is 11.6. The Morgan fingerprint density at radius 1 is 0.688 bits per heavy atom. The quantitative estimate of drug-likeness (QED) is 0.184. The summed E-state index contributed by atoms with van der Waals surface area (Å²) in [5.74, 6) is -0.124. The van der Waals surface area contributed by atoms with Crippen LogP contribution < -0.4 is 4.74 Å². The Bertz CT molecular complexity index is 2190. The summed E-state index contributed by atoms with van der Waals surface area (Å²) in [6.07, 6.45) is 3.81. The predicted molar refractivity (Wildman–Crippen MR) is 184 cm³/mol. The molecule has 8 rings (SSSR count). The number of aromatic amines is 2. The fourth-order valence-corrected chi connectivity index (χ4v) is 5.45. The van der Waals surface area contributed by atoms with Gasteiger partial charge >= 0.3 is 6.18 Å². The second-order valence-electron chi connectivity index (χ2n) is 11.2. The van der Waals surface area contributed by atoms with Crippen LogP contribution in [-0.2, 0) is 0 Å². The minimum absolute atomic E-state index is 0.106. The third-order valence-electron chi connectivity index (χ3n) is 7.46. The topological polar surface area (TPSA) is 92.4 Å². The number of hydrogen-bond donors (Lipinski definition) is 2. The van der Waals surface area contributed by atoms with Gasteiger partial charge in [0, 0.05) is 45.4 Å². The van der Waals surface area contributed by atoms with Crippen molar-refractivity contribution in [2.24, 2.45) is 0 Å². The molecule has 8 bridgehead atoms. The number of nitrogens with zero attached hydrogens (tertiary/aromatic N) is 4. The Morgan fingerprint density at radius 3 is 1.71 bits per heavy atom. The summed E-state index contributed by atoms with van der Waals surface area (Å²) in [6.45, 7) is 1.88. The van der Waals surface area contributed by atoms with Gasteiger partial charge in [0.1, 0.15) is 0 Å². The van der Waals surface area contributed by atoms with Crippen molar-refractivity contribution >= 4 is 68.9 Å². The molecule has 1 unspecified atom stereocenters. The lowest BCUT2D eigenvalue weighted by atomic mass is 10.1. The molecule has 7 heterocycles. The molecule has 0 aliphatic carbocycles. The lowest BCUT2D eigenvalue weighted by Gasteiger charge is -2.22. The summed E-state index contributed by atoms with van der Waals surface area (Å²) in [7, 11) is 0. The summed E-state index contributed by atoms with van der Waals surface area (Å²) >= 11 is 6.01. The smallest absolute Gasteiger partial charge is 0.429 e. The number of fused-ring (bicyclic) bond motifs is 9. The van der Waals surface area contributed by atoms with Crippen molar-refractivity contribution in [3.05, 3.63) is 136 Å².